The fourth-order valence-electron chi connectivity index (χ4n) is 2.45. The smallest absolute Gasteiger partial charge is 0.166 e. The highest BCUT2D eigenvalue weighted by atomic mass is 35.5. The fraction of sp³-hybridized carbons (Fsp3) is 0.500. The van der Waals surface area contributed by atoms with E-state index in [1.807, 2.05) is 0 Å². The van der Waals surface area contributed by atoms with Crippen molar-refractivity contribution in [3.63, 3.8) is 0 Å². The second kappa shape index (κ2) is 5.41. The molecule has 0 spiro atoms. The molecule has 1 aromatic rings. The minimum Gasteiger partial charge on any atom is -0.294 e. The topological polar surface area (TPSA) is 17.1 Å². The number of rotatable bonds is 2. The summed E-state index contributed by atoms with van der Waals surface area (Å²) in [6.07, 6.45) is 4.27. The van der Waals surface area contributed by atoms with Crippen LogP contribution in [0.1, 0.15) is 43.0 Å². The molecule has 0 radical (unpaired) electrons. The summed E-state index contributed by atoms with van der Waals surface area (Å²) in [5, 5.41) is 1.06. The molecule has 1 aliphatic carbocycles. The Morgan fingerprint density at radius 1 is 1.06 bits per heavy atom. The first-order chi connectivity index (χ1) is 8.06. The van der Waals surface area contributed by atoms with Gasteiger partial charge in [0, 0.05) is 21.5 Å². The minimum absolute atomic E-state index is 0.153. The number of Topliss-reactive ketones (excluding diaryl/α,β-unsaturated/α-hetero) is 1. The molecule has 3 heteroatoms. The van der Waals surface area contributed by atoms with Crippen molar-refractivity contribution in [3.8, 4) is 0 Å². The predicted molar refractivity (Wildman–Crippen MR) is 71.9 cm³/mol. The van der Waals surface area contributed by atoms with Gasteiger partial charge in [0.05, 0.1) is 0 Å². The fourth-order valence-corrected chi connectivity index (χ4v) is 2.98. The van der Waals surface area contributed by atoms with E-state index in [1.54, 1.807) is 18.2 Å². The molecular weight excluding hydrogens is 255 g/mol. The number of benzene rings is 1. The molecule has 0 heterocycles. The van der Waals surface area contributed by atoms with Crippen LogP contribution in [0.25, 0.3) is 0 Å². The van der Waals surface area contributed by atoms with Gasteiger partial charge in [-0.25, -0.2) is 0 Å². The van der Waals surface area contributed by atoms with Crippen LogP contribution in [0.3, 0.4) is 0 Å². The monoisotopic (exact) mass is 270 g/mol. The number of ketones is 1. The molecule has 17 heavy (non-hydrogen) atoms. The van der Waals surface area contributed by atoms with E-state index in [0.717, 1.165) is 31.6 Å². The summed E-state index contributed by atoms with van der Waals surface area (Å²) >= 11 is 11.8. The molecule has 1 aliphatic rings. The van der Waals surface area contributed by atoms with E-state index in [0.29, 0.717) is 15.6 Å². The maximum Gasteiger partial charge on any atom is 0.166 e. The lowest BCUT2D eigenvalue weighted by Gasteiger charge is -2.25. The lowest BCUT2D eigenvalue weighted by atomic mass is 9.79. The van der Waals surface area contributed by atoms with Gasteiger partial charge >= 0.3 is 0 Å². The summed E-state index contributed by atoms with van der Waals surface area (Å²) in [4.78, 5) is 12.3. The first kappa shape index (κ1) is 12.9. The van der Waals surface area contributed by atoms with E-state index in [-0.39, 0.29) is 11.7 Å². The molecular formula is C14H16Cl2O. The van der Waals surface area contributed by atoms with E-state index >= 15 is 0 Å². The Hall–Kier alpha value is -0.530. The van der Waals surface area contributed by atoms with Crippen LogP contribution in [0.4, 0.5) is 0 Å². The zero-order valence-corrected chi connectivity index (χ0v) is 11.4. The Bertz CT molecular complexity index is 400. The molecule has 0 aromatic heterocycles. The number of hydrogen-bond donors (Lipinski definition) is 0. The Kier molecular flexibility index (Phi) is 4.11. The maximum atomic E-state index is 12.3. The third-order valence-electron chi connectivity index (χ3n) is 3.53. The van der Waals surface area contributed by atoms with Crippen molar-refractivity contribution in [2.24, 2.45) is 11.8 Å². The van der Waals surface area contributed by atoms with Crippen LogP contribution >= 0.6 is 23.2 Å². The molecule has 1 saturated carbocycles. The van der Waals surface area contributed by atoms with Crippen molar-refractivity contribution >= 4 is 29.0 Å². The van der Waals surface area contributed by atoms with E-state index in [4.69, 9.17) is 23.2 Å². The quantitative estimate of drug-likeness (QED) is 0.691. The molecule has 1 fully saturated rings. The van der Waals surface area contributed by atoms with Crippen LogP contribution in [-0.2, 0) is 0 Å². The van der Waals surface area contributed by atoms with Gasteiger partial charge in [0.15, 0.2) is 5.78 Å². The Morgan fingerprint density at radius 3 is 2.12 bits per heavy atom. The highest BCUT2D eigenvalue weighted by molar-refractivity contribution is 6.35. The van der Waals surface area contributed by atoms with Crippen LogP contribution in [0.15, 0.2) is 18.2 Å². The van der Waals surface area contributed by atoms with Crippen LogP contribution < -0.4 is 0 Å². The normalized spacial score (nSPS) is 24.6. The highest BCUT2D eigenvalue weighted by Gasteiger charge is 2.25. The molecule has 0 aliphatic heterocycles. The summed E-state index contributed by atoms with van der Waals surface area (Å²) in [5.74, 6) is 1.10. The Labute approximate surface area is 112 Å². The summed E-state index contributed by atoms with van der Waals surface area (Å²) < 4.78 is 0. The Balaban J connectivity index is 2.14. The number of carbonyl (C=O) groups excluding carboxylic acids is 1. The average molecular weight is 271 g/mol. The van der Waals surface area contributed by atoms with Crippen molar-refractivity contribution < 1.29 is 4.79 Å². The summed E-state index contributed by atoms with van der Waals surface area (Å²) in [7, 11) is 0. The molecule has 1 aromatic carbocycles. The second-order valence-corrected chi connectivity index (χ2v) is 5.85. The Morgan fingerprint density at radius 2 is 1.59 bits per heavy atom. The average Bonchev–Trinajstić information content (AvgIpc) is 2.28. The lowest BCUT2D eigenvalue weighted by Crippen LogP contribution is -2.20. The third kappa shape index (κ3) is 3.23. The van der Waals surface area contributed by atoms with Gasteiger partial charge in [0.1, 0.15) is 0 Å². The highest BCUT2D eigenvalue weighted by Crippen LogP contribution is 2.31. The van der Waals surface area contributed by atoms with Gasteiger partial charge in [-0.2, -0.15) is 0 Å². The molecule has 0 unspecified atom stereocenters. The SMILES string of the molecule is CC1CCC(C(=O)c2cc(Cl)cc(Cl)c2)CC1. The van der Waals surface area contributed by atoms with Gasteiger partial charge in [0.2, 0.25) is 0 Å². The second-order valence-electron chi connectivity index (χ2n) is 4.98. The van der Waals surface area contributed by atoms with E-state index in [2.05, 4.69) is 6.92 Å². The maximum absolute atomic E-state index is 12.3. The van der Waals surface area contributed by atoms with Gasteiger partial charge in [0.25, 0.3) is 0 Å². The van der Waals surface area contributed by atoms with Crippen molar-refractivity contribution in [2.75, 3.05) is 0 Å². The van der Waals surface area contributed by atoms with Crippen molar-refractivity contribution in [1.82, 2.24) is 0 Å². The first-order valence-electron chi connectivity index (χ1n) is 6.06. The molecule has 0 amide bonds. The van der Waals surface area contributed by atoms with Gasteiger partial charge in [-0.1, -0.05) is 43.0 Å². The van der Waals surface area contributed by atoms with Crippen molar-refractivity contribution in [1.29, 1.82) is 0 Å². The largest absolute Gasteiger partial charge is 0.294 e. The van der Waals surface area contributed by atoms with Crippen LogP contribution in [0.5, 0.6) is 0 Å². The van der Waals surface area contributed by atoms with Crippen LogP contribution in [-0.4, -0.2) is 5.78 Å². The minimum atomic E-state index is 0.153. The number of carbonyl (C=O) groups is 1. The number of halogens is 2. The molecule has 0 bridgehead atoms. The van der Waals surface area contributed by atoms with Crippen LogP contribution in [0, 0.1) is 11.8 Å². The zero-order valence-electron chi connectivity index (χ0n) is 9.88. The summed E-state index contributed by atoms with van der Waals surface area (Å²) in [6, 6.07) is 5.09. The van der Waals surface area contributed by atoms with Crippen molar-refractivity contribution in [3.05, 3.63) is 33.8 Å². The third-order valence-corrected chi connectivity index (χ3v) is 3.97. The van der Waals surface area contributed by atoms with Gasteiger partial charge in [-0.15, -0.1) is 0 Å². The predicted octanol–water partition coefficient (Wildman–Crippen LogP) is 5.00. The molecule has 0 atom stereocenters. The van der Waals surface area contributed by atoms with E-state index in [9.17, 15) is 4.79 Å². The first-order valence-corrected chi connectivity index (χ1v) is 6.82. The summed E-state index contributed by atoms with van der Waals surface area (Å²) in [6.45, 7) is 2.25. The molecule has 0 saturated heterocycles. The molecule has 92 valence electrons. The van der Waals surface area contributed by atoms with E-state index in [1.165, 1.54) is 0 Å². The zero-order chi connectivity index (χ0) is 12.4. The van der Waals surface area contributed by atoms with Gasteiger partial charge < -0.3 is 0 Å². The van der Waals surface area contributed by atoms with Gasteiger partial charge in [-0.05, 0) is 37.0 Å². The summed E-state index contributed by atoms with van der Waals surface area (Å²) in [5.41, 5.74) is 0.655. The van der Waals surface area contributed by atoms with Gasteiger partial charge in [-0.3, -0.25) is 4.79 Å². The lowest BCUT2D eigenvalue weighted by molar-refractivity contribution is 0.0875. The standard InChI is InChI=1S/C14H16Cl2O/c1-9-2-4-10(5-3-9)14(17)11-6-12(15)8-13(16)7-11/h6-10H,2-5H2,1H3. The molecule has 2 rings (SSSR count). The van der Waals surface area contributed by atoms with Crippen LogP contribution in [0.2, 0.25) is 10.0 Å². The number of hydrogen-bond acceptors (Lipinski definition) is 1. The van der Waals surface area contributed by atoms with E-state index < -0.39 is 0 Å². The molecule has 1 nitrogen and oxygen atoms in total. The molecule has 0 N–H and O–H groups in total. The van der Waals surface area contributed by atoms with Crippen molar-refractivity contribution in [2.45, 2.75) is 32.6 Å².